The van der Waals surface area contributed by atoms with Crippen LogP contribution in [0.5, 0.6) is 0 Å². The quantitative estimate of drug-likeness (QED) is 0.798. The monoisotopic (exact) mass is 272 g/mol. The lowest BCUT2D eigenvalue weighted by molar-refractivity contribution is -0.0798. The number of methoxy groups -OCH3 is 1. The van der Waals surface area contributed by atoms with Crippen molar-refractivity contribution in [2.45, 2.75) is 57.9 Å². The van der Waals surface area contributed by atoms with Gasteiger partial charge in [-0.15, -0.1) is 0 Å². The number of nitrogens with one attached hydrogen (secondary N) is 1. The highest BCUT2D eigenvalue weighted by atomic mass is 16.5. The van der Waals surface area contributed by atoms with Crippen molar-refractivity contribution in [2.75, 3.05) is 34.4 Å². The van der Waals surface area contributed by atoms with Gasteiger partial charge in [0.25, 0.3) is 0 Å². The molecule has 114 valence electrons. The third-order valence-electron chi connectivity index (χ3n) is 4.53. The van der Waals surface area contributed by atoms with Gasteiger partial charge in [0.15, 0.2) is 0 Å². The number of nitrogens with zero attached hydrogens (tertiary/aromatic N) is 1. The van der Waals surface area contributed by atoms with Gasteiger partial charge >= 0.3 is 0 Å². The first kappa shape index (κ1) is 16.9. The van der Waals surface area contributed by atoms with Gasteiger partial charge in [-0.05, 0) is 48.7 Å². The van der Waals surface area contributed by atoms with Crippen molar-refractivity contribution in [1.82, 2.24) is 10.2 Å². The van der Waals surface area contributed by atoms with Crippen LogP contribution in [0.1, 0.15) is 34.6 Å². The average Bonchev–Trinajstić information content (AvgIpc) is 2.43. The first-order valence-electron chi connectivity index (χ1n) is 7.22. The van der Waals surface area contributed by atoms with Gasteiger partial charge in [0, 0.05) is 31.7 Å². The van der Waals surface area contributed by atoms with Crippen LogP contribution >= 0.6 is 0 Å². The summed E-state index contributed by atoms with van der Waals surface area (Å²) in [6.07, 6.45) is 0. The van der Waals surface area contributed by atoms with Gasteiger partial charge in [-0.1, -0.05) is 0 Å². The minimum Gasteiger partial charge on any atom is -0.383 e. The van der Waals surface area contributed by atoms with E-state index in [-0.39, 0.29) is 11.2 Å². The van der Waals surface area contributed by atoms with E-state index in [0.717, 1.165) is 13.2 Å². The molecule has 0 spiro atoms. The summed E-state index contributed by atoms with van der Waals surface area (Å²) in [5.41, 5.74) is -0.244. The van der Waals surface area contributed by atoms with E-state index < -0.39 is 0 Å². The Balaban J connectivity index is 2.79. The summed E-state index contributed by atoms with van der Waals surface area (Å²) in [7, 11) is 5.95. The average molecular weight is 272 g/mol. The topological polar surface area (TPSA) is 33.7 Å². The Morgan fingerprint density at radius 2 is 1.84 bits per heavy atom. The van der Waals surface area contributed by atoms with Crippen LogP contribution in [0.2, 0.25) is 0 Å². The highest BCUT2D eigenvalue weighted by molar-refractivity contribution is 5.05. The lowest BCUT2D eigenvalue weighted by Crippen LogP contribution is -2.50. The van der Waals surface area contributed by atoms with Gasteiger partial charge in [-0.25, -0.2) is 0 Å². The Kier molecular flexibility index (Phi) is 5.41. The molecule has 0 aromatic carbocycles. The van der Waals surface area contributed by atoms with Crippen LogP contribution in [0.25, 0.3) is 0 Å². The lowest BCUT2D eigenvalue weighted by atomic mass is 9.82. The molecule has 0 aromatic heterocycles. The molecule has 3 unspecified atom stereocenters. The Bertz CT molecular complexity index is 292. The van der Waals surface area contributed by atoms with Crippen molar-refractivity contribution in [1.29, 1.82) is 0 Å². The highest BCUT2D eigenvalue weighted by Crippen LogP contribution is 2.42. The molecule has 4 heteroatoms. The molecule has 0 aromatic rings. The fraction of sp³-hybridized carbons (Fsp3) is 1.00. The lowest BCUT2D eigenvalue weighted by Gasteiger charge is -2.35. The molecule has 0 amide bonds. The zero-order valence-electron chi connectivity index (χ0n) is 13.9. The van der Waals surface area contributed by atoms with Gasteiger partial charge in [0.05, 0.1) is 17.8 Å². The van der Waals surface area contributed by atoms with Crippen molar-refractivity contribution in [3.63, 3.8) is 0 Å². The summed E-state index contributed by atoms with van der Waals surface area (Å²) >= 11 is 0. The van der Waals surface area contributed by atoms with Crippen LogP contribution < -0.4 is 5.32 Å². The Hall–Kier alpha value is -0.160. The maximum Gasteiger partial charge on any atom is 0.0790 e. The molecule has 1 saturated heterocycles. The van der Waals surface area contributed by atoms with Gasteiger partial charge < -0.3 is 19.7 Å². The summed E-state index contributed by atoms with van der Waals surface area (Å²) in [5, 5.41) is 3.45. The smallest absolute Gasteiger partial charge is 0.0790 e. The number of likely N-dealkylation sites (N-methyl/N-ethyl adjacent to an activating group) is 2. The standard InChI is InChI=1S/C15H32N2O2/c1-11(10-18-8)17(7)9-12-13(16-6)15(4,5)19-14(12,2)3/h11-13,16H,9-10H2,1-8H3. The van der Waals surface area contributed by atoms with Crippen LogP contribution in [-0.2, 0) is 9.47 Å². The van der Waals surface area contributed by atoms with Gasteiger partial charge in [-0.2, -0.15) is 0 Å². The Morgan fingerprint density at radius 1 is 1.26 bits per heavy atom. The van der Waals surface area contributed by atoms with Crippen LogP contribution in [-0.4, -0.2) is 62.5 Å². The summed E-state index contributed by atoms with van der Waals surface area (Å²) in [4.78, 5) is 2.37. The molecule has 1 rings (SSSR count). The molecule has 0 aliphatic carbocycles. The van der Waals surface area contributed by atoms with Crippen molar-refractivity contribution < 1.29 is 9.47 Å². The van der Waals surface area contributed by atoms with E-state index in [1.165, 1.54) is 0 Å². The molecule has 3 atom stereocenters. The molecule has 1 N–H and O–H groups in total. The van der Waals surface area contributed by atoms with E-state index in [0.29, 0.717) is 18.0 Å². The molecule has 0 radical (unpaired) electrons. The van der Waals surface area contributed by atoms with Crippen molar-refractivity contribution >= 4 is 0 Å². The predicted octanol–water partition coefficient (Wildman–Crippen LogP) is 1.74. The minimum absolute atomic E-state index is 0.113. The van der Waals surface area contributed by atoms with Crippen LogP contribution in [0.15, 0.2) is 0 Å². The zero-order valence-corrected chi connectivity index (χ0v) is 13.9. The second-order valence-corrected chi connectivity index (χ2v) is 6.93. The zero-order chi connectivity index (χ0) is 14.8. The normalized spacial score (nSPS) is 30.8. The van der Waals surface area contributed by atoms with Crippen molar-refractivity contribution in [2.24, 2.45) is 5.92 Å². The number of rotatable bonds is 6. The predicted molar refractivity (Wildman–Crippen MR) is 79.5 cm³/mol. The summed E-state index contributed by atoms with van der Waals surface area (Å²) in [5.74, 6) is 0.455. The molecule has 0 bridgehead atoms. The van der Waals surface area contributed by atoms with Crippen LogP contribution in [0.4, 0.5) is 0 Å². The van der Waals surface area contributed by atoms with E-state index in [1.807, 2.05) is 7.05 Å². The minimum atomic E-state index is -0.131. The highest BCUT2D eigenvalue weighted by Gasteiger charge is 2.53. The maximum absolute atomic E-state index is 6.27. The van der Waals surface area contributed by atoms with E-state index in [2.05, 4.69) is 51.9 Å². The third kappa shape index (κ3) is 3.69. The van der Waals surface area contributed by atoms with E-state index in [9.17, 15) is 0 Å². The molecule has 4 nitrogen and oxygen atoms in total. The molecule has 1 heterocycles. The largest absolute Gasteiger partial charge is 0.383 e. The second kappa shape index (κ2) is 6.08. The number of ether oxygens (including phenoxy) is 2. The summed E-state index contributed by atoms with van der Waals surface area (Å²) in [6.45, 7) is 12.7. The number of hydrogen-bond acceptors (Lipinski definition) is 4. The first-order chi connectivity index (χ1) is 8.65. The van der Waals surface area contributed by atoms with E-state index in [4.69, 9.17) is 9.47 Å². The molecule has 1 aliphatic rings. The molecule has 19 heavy (non-hydrogen) atoms. The van der Waals surface area contributed by atoms with Crippen molar-refractivity contribution in [3.8, 4) is 0 Å². The SMILES string of the molecule is CNC1C(CN(C)C(C)COC)C(C)(C)OC1(C)C. The maximum atomic E-state index is 6.27. The molecule has 1 fully saturated rings. The molecular weight excluding hydrogens is 240 g/mol. The fourth-order valence-electron chi connectivity index (χ4n) is 3.44. The first-order valence-corrected chi connectivity index (χ1v) is 7.22. The van der Waals surface area contributed by atoms with Gasteiger partial charge in [0.1, 0.15) is 0 Å². The van der Waals surface area contributed by atoms with Crippen LogP contribution in [0, 0.1) is 5.92 Å². The molecule has 1 aliphatic heterocycles. The third-order valence-corrected chi connectivity index (χ3v) is 4.53. The van der Waals surface area contributed by atoms with Crippen molar-refractivity contribution in [3.05, 3.63) is 0 Å². The molecule has 0 saturated carbocycles. The van der Waals surface area contributed by atoms with E-state index in [1.54, 1.807) is 7.11 Å². The Morgan fingerprint density at radius 3 is 2.32 bits per heavy atom. The van der Waals surface area contributed by atoms with Gasteiger partial charge in [-0.3, -0.25) is 0 Å². The number of hydrogen-bond donors (Lipinski definition) is 1. The van der Waals surface area contributed by atoms with E-state index >= 15 is 0 Å². The fourth-order valence-corrected chi connectivity index (χ4v) is 3.44. The summed E-state index contributed by atoms with van der Waals surface area (Å²) in [6, 6.07) is 0.779. The Labute approximate surface area is 118 Å². The summed E-state index contributed by atoms with van der Waals surface area (Å²) < 4.78 is 11.5. The second-order valence-electron chi connectivity index (χ2n) is 6.93. The molecular formula is C15H32N2O2. The van der Waals surface area contributed by atoms with Gasteiger partial charge in [0.2, 0.25) is 0 Å². The van der Waals surface area contributed by atoms with Crippen LogP contribution in [0.3, 0.4) is 0 Å².